The van der Waals surface area contributed by atoms with E-state index in [2.05, 4.69) is 21.0 Å². The molecule has 3 aromatic heterocycles. The van der Waals surface area contributed by atoms with Crippen molar-refractivity contribution in [2.75, 3.05) is 6.54 Å². The Bertz CT molecular complexity index is 1390. The fourth-order valence-electron chi connectivity index (χ4n) is 4.74. The van der Waals surface area contributed by atoms with Gasteiger partial charge in [-0.3, -0.25) is 14.8 Å². The van der Waals surface area contributed by atoms with E-state index in [1.165, 1.54) is 0 Å². The van der Waals surface area contributed by atoms with Crippen LogP contribution in [-0.2, 0) is 17.0 Å². The van der Waals surface area contributed by atoms with Gasteiger partial charge in [-0.25, -0.2) is 0 Å². The van der Waals surface area contributed by atoms with Crippen molar-refractivity contribution in [2.45, 2.75) is 51.9 Å². The monoisotopic (exact) mass is 486 g/mol. The molecule has 1 aromatic carbocycles. The van der Waals surface area contributed by atoms with Crippen molar-refractivity contribution >= 4 is 16.8 Å². The second-order valence-electron chi connectivity index (χ2n) is 9.77. The number of carbonyl (C=O) groups excluding carboxylic acids is 1. The molecule has 0 saturated carbocycles. The number of pyridine rings is 2. The second kappa shape index (κ2) is 9.37. The Morgan fingerprint density at radius 1 is 1.17 bits per heavy atom. The lowest BCUT2D eigenvalue weighted by atomic mass is 10.0. The largest absolute Gasteiger partial charge is 0.455 e. The van der Waals surface area contributed by atoms with Crippen molar-refractivity contribution < 1.29 is 19.7 Å². The average molecular weight is 487 g/mol. The van der Waals surface area contributed by atoms with Crippen molar-refractivity contribution in [2.24, 2.45) is 0 Å². The van der Waals surface area contributed by atoms with Crippen LogP contribution in [0.1, 0.15) is 56.5 Å². The van der Waals surface area contributed by atoms with Crippen LogP contribution >= 0.6 is 0 Å². The lowest BCUT2D eigenvalue weighted by Crippen LogP contribution is -2.28. The molecule has 4 heterocycles. The summed E-state index contributed by atoms with van der Waals surface area (Å²) in [7, 11) is 0. The number of aromatic amines is 1. The van der Waals surface area contributed by atoms with Gasteiger partial charge in [0, 0.05) is 41.7 Å². The SMILES string of the molecule is CC(=O)N1CCC[C@@H]1c1cc2[nH]c(-c3ccc(C(C)(C)O)cn3)cc2cc1Oc1ccc(CO)nc1. The summed E-state index contributed by atoms with van der Waals surface area (Å²) >= 11 is 0. The van der Waals surface area contributed by atoms with Crippen LogP contribution in [0.5, 0.6) is 11.5 Å². The number of aliphatic hydroxyl groups is 2. The van der Waals surface area contributed by atoms with Gasteiger partial charge < -0.3 is 24.8 Å². The van der Waals surface area contributed by atoms with Crippen molar-refractivity contribution in [3.63, 3.8) is 0 Å². The van der Waals surface area contributed by atoms with Gasteiger partial charge in [-0.05, 0) is 63.1 Å². The molecule has 1 aliphatic rings. The number of hydrogen-bond acceptors (Lipinski definition) is 6. The van der Waals surface area contributed by atoms with Crippen molar-refractivity contribution in [1.29, 1.82) is 0 Å². The molecule has 1 saturated heterocycles. The zero-order valence-corrected chi connectivity index (χ0v) is 20.7. The van der Waals surface area contributed by atoms with Crippen LogP contribution in [0.4, 0.5) is 0 Å². The Kier molecular flexibility index (Phi) is 6.24. The number of nitrogens with zero attached hydrogens (tertiary/aromatic N) is 3. The van der Waals surface area contributed by atoms with Crippen LogP contribution in [0.3, 0.4) is 0 Å². The third-order valence-electron chi connectivity index (χ3n) is 6.70. The molecule has 0 radical (unpaired) electrons. The van der Waals surface area contributed by atoms with Crippen LogP contribution in [-0.4, -0.2) is 42.5 Å². The van der Waals surface area contributed by atoms with E-state index in [1.807, 2.05) is 29.2 Å². The zero-order valence-electron chi connectivity index (χ0n) is 20.7. The second-order valence-corrected chi connectivity index (χ2v) is 9.77. The molecule has 8 nitrogen and oxygen atoms in total. The summed E-state index contributed by atoms with van der Waals surface area (Å²) in [6, 6.07) is 13.2. The smallest absolute Gasteiger partial charge is 0.219 e. The highest BCUT2D eigenvalue weighted by Crippen LogP contribution is 2.41. The van der Waals surface area contributed by atoms with Gasteiger partial charge in [0.2, 0.25) is 5.91 Å². The molecule has 4 aromatic rings. The van der Waals surface area contributed by atoms with Crippen molar-refractivity contribution in [1.82, 2.24) is 19.9 Å². The number of carbonyl (C=O) groups is 1. The summed E-state index contributed by atoms with van der Waals surface area (Å²) < 4.78 is 6.29. The van der Waals surface area contributed by atoms with Gasteiger partial charge in [0.1, 0.15) is 11.5 Å². The predicted octanol–water partition coefficient (Wildman–Crippen LogP) is 4.82. The molecular weight excluding hydrogens is 456 g/mol. The first-order valence-corrected chi connectivity index (χ1v) is 12.1. The van der Waals surface area contributed by atoms with Crippen LogP contribution in [0.25, 0.3) is 22.3 Å². The van der Waals surface area contributed by atoms with Crippen LogP contribution in [0.2, 0.25) is 0 Å². The van der Waals surface area contributed by atoms with Gasteiger partial charge in [0.25, 0.3) is 0 Å². The molecule has 1 amide bonds. The molecule has 1 aliphatic heterocycles. The standard InChI is InChI=1S/C28H30N4O4/c1-17(34)32-10-4-5-26(32)22-13-24-18(12-27(22)36-21-8-7-20(16-33)29-15-21)11-25(31-24)23-9-6-19(14-30-23)28(2,3)35/h6-9,11-15,26,31,33,35H,4-5,10,16H2,1-3H3/t26-/m1/s1. The summed E-state index contributed by atoms with van der Waals surface area (Å²) in [4.78, 5) is 26.5. The Morgan fingerprint density at radius 3 is 2.64 bits per heavy atom. The summed E-state index contributed by atoms with van der Waals surface area (Å²) in [5.74, 6) is 1.26. The number of aliphatic hydroxyl groups excluding tert-OH is 1. The van der Waals surface area contributed by atoms with Crippen LogP contribution < -0.4 is 4.74 Å². The van der Waals surface area contributed by atoms with E-state index in [0.29, 0.717) is 17.2 Å². The first kappa shape index (κ1) is 24.0. The van der Waals surface area contributed by atoms with Crippen LogP contribution in [0, 0.1) is 0 Å². The third kappa shape index (κ3) is 4.69. The van der Waals surface area contributed by atoms with E-state index < -0.39 is 5.60 Å². The van der Waals surface area contributed by atoms with Gasteiger partial charge in [0.15, 0.2) is 0 Å². The van der Waals surface area contributed by atoms with Gasteiger partial charge in [-0.1, -0.05) is 6.07 Å². The van der Waals surface area contributed by atoms with Gasteiger partial charge in [-0.15, -0.1) is 0 Å². The van der Waals surface area contributed by atoms with E-state index in [0.717, 1.165) is 52.8 Å². The number of aromatic nitrogens is 3. The Balaban J connectivity index is 1.56. The fourth-order valence-corrected chi connectivity index (χ4v) is 4.74. The Labute approximate surface area is 209 Å². The molecule has 0 spiro atoms. The molecular formula is C28H30N4O4. The summed E-state index contributed by atoms with van der Waals surface area (Å²) in [5, 5.41) is 20.5. The number of amides is 1. The fraction of sp³-hybridized carbons (Fsp3) is 0.321. The van der Waals surface area contributed by atoms with Gasteiger partial charge >= 0.3 is 0 Å². The number of hydrogen-bond donors (Lipinski definition) is 3. The molecule has 0 aliphatic carbocycles. The van der Waals surface area contributed by atoms with E-state index in [1.54, 1.807) is 45.3 Å². The van der Waals surface area contributed by atoms with E-state index in [9.17, 15) is 15.0 Å². The number of benzene rings is 1. The molecule has 1 atom stereocenters. The minimum Gasteiger partial charge on any atom is -0.455 e. The number of fused-ring (bicyclic) bond motifs is 1. The highest BCUT2D eigenvalue weighted by atomic mass is 16.5. The Morgan fingerprint density at radius 2 is 2.00 bits per heavy atom. The number of nitrogens with one attached hydrogen (secondary N) is 1. The topological polar surface area (TPSA) is 112 Å². The van der Waals surface area contributed by atoms with Crippen molar-refractivity contribution in [3.8, 4) is 22.9 Å². The summed E-state index contributed by atoms with van der Waals surface area (Å²) in [6.45, 7) is 5.65. The highest BCUT2D eigenvalue weighted by molar-refractivity contribution is 5.88. The quantitative estimate of drug-likeness (QED) is 0.360. The summed E-state index contributed by atoms with van der Waals surface area (Å²) in [5.41, 5.74) is 3.81. The molecule has 8 heteroatoms. The predicted molar refractivity (Wildman–Crippen MR) is 136 cm³/mol. The van der Waals surface area contributed by atoms with Crippen LogP contribution in [0.15, 0.2) is 54.9 Å². The maximum Gasteiger partial charge on any atom is 0.219 e. The average Bonchev–Trinajstić information content (AvgIpc) is 3.51. The minimum absolute atomic E-state index is 0.0424. The number of ether oxygens (including phenoxy) is 1. The molecule has 36 heavy (non-hydrogen) atoms. The molecule has 0 bridgehead atoms. The lowest BCUT2D eigenvalue weighted by molar-refractivity contribution is -0.129. The maximum absolute atomic E-state index is 12.3. The van der Waals surface area contributed by atoms with Gasteiger partial charge in [-0.2, -0.15) is 0 Å². The molecule has 186 valence electrons. The first-order chi connectivity index (χ1) is 17.2. The first-order valence-electron chi connectivity index (χ1n) is 12.1. The molecule has 5 rings (SSSR count). The number of likely N-dealkylation sites (tertiary alicyclic amines) is 1. The maximum atomic E-state index is 12.3. The Hall–Kier alpha value is -3.75. The van der Waals surface area contributed by atoms with E-state index >= 15 is 0 Å². The third-order valence-corrected chi connectivity index (χ3v) is 6.70. The molecule has 0 unspecified atom stereocenters. The van der Waals surface area contributed by atoms with Gasteiger partial charge in [0.05, 0.1) is 41.5 Å². The zero-order chi connectivity index (χ0) is 25.4. The minimum atomic E-state index is -0.957. The molecule has 1 fully saturated rings. The highest BCUT2D eigenvalue weighted by Gasteiger charge is 2.31. The van der Waals surface area contributed by atoms with Crippen molar-refractivity contribution in [3.05, 3.63) is 71.7 Å². The number of rotatable bonds is 6. The normalized spacial score (nSPS) is 16.0. The summed E-state index contributed by atoms with van der Waals surface area (Å²) in [6.07, 6.45) is 5.07. The van der Waals surface area contributed by atoms with E-state index in [4.69, 9.17) is 4.74 Å². The lowest BCUT2D eigenvalue weighted by Gasteiger charge is -2.25. The van der Waals surface area contributed by atoms with E-state index in [-0.39, 0.29) is 18.6 Å². The number of H-pyrrole nitrogens is 1. The molecule has 3 N–H and O–H groups in total.